The van der Waals surface area contributed by atoms with Gasteiger partial charge in [-0.05, 0) is 46.3 Å². The van der Waals surface area contributed by atoms with Gasteiger partial charge in [0.25, 0.3) is 0 Å². The van der Waals surface area contributed by atoms with Gasteiger partial charge in [0.15, 0.2) is 0 Å². The molecule has 0 amide bonds. The number of rotatable bonds is 3. The molecule has 0 radical (unpaired) electrons. The molecule has 0 saturated carbocycles. The topological polar surface area (TPSA) is 75.3 Å². The van der Waals surface area contributed by atoms with Crippen LogP contribution >= 0.6 is 15.9 Å². The number of carbonyl (C=O) groups is 1. The molecular formula is C13H10BrFN2O2. The fourth-order valence-electron chi connectivity index (χ4n) is 1.60. The highest BCUT2D eigenvalue weighted by molar-refractivity contribution is 9.10. The van der Waals surface area contributed by atoms with E-state index in [4.69, 9.17) is 10.8 Å². The summed E-state index contributed by atoms with van der Waals surface area (Å²) in [5, 5.41) is 11.9. The summed E-state index contributed by atoms with van der Waals surface area (Å²) in [6, 6.07) is 8.75. The number of hydrogen-bond acceptors (Lipinski definition) is 3. The third-order valence-electron chi connectivity index (χ3n) is 2.53. The Morgan fingerprint density at radius 1 is 1.26 bits per heavy atom. The summed E-state index contributed by atoms with van der Waals surface area (Å²) in [7, 11) is 0. The van der Waals surface area contributed by atoms with Crippen molar-refractivity contribution < 1.29 is 14.3 Å². The Morgan fingerprint density at radius 3 is 2.68 bits per heavy atom. The number of hydrogen-bond donors (Lipinski definition) is 3. The van der Waals surface area contributed by atoms with E-state index in [1.54, 1.807) is 18.2 Å². The van der Waals surface area contributed by atoms with Crippen LogP contribution in [0.25, 0.3) is 0 Å². The third-order valence-corrected chi connectivity index (χ3v) is 3.23. The molecule has 0 fully saturated rings. The molecule has 0 saturated heterocycles. The molecule has 2 rings (SSSR count). The molecule has 0 aliphatic rings. The van der Waals surface area contributed by atoms with Crippen molar-refractivity contribution in [1.82, 2.24) is 0 Å². The SMILES string of the molecule is Nc1c(Nc2cc(F)ccc2Br)cccc1C(=O)O. The average molecular weight is 325 g/mol. The molecule has 4 nitrogen and oxygen atoms in total. The van der Waals surface area contributed by atoms with Crippen molar-refractivity contribution in [1.29, 1.82) is 0 Å². The van der Waals surface area contributed by atoms with Crippen molar-refractivity contribution in [3.8, 4) is 0 Å². The van der Waals surface area contributed by atoms with E-state index in [0.717, 1.165) is 0 Å². The smallest absolute Gasteiger partial charge is 0.337 e. The zero-order valence-corrected chi connectivity index (χ0v) is 11.2. The predicted octanol–water partition coefficient (Wildman–Crippen LogP) is 3.61. The minimum absolute atomic E-state index is 0.00229. The van der Waals surface area contributed by atoms with Crippen molar-refractivity contribution in [2.24, 2.45) is 0 Å². The zero-order valence-electron chi connectivity index (χ0n) is 9.65. The Bertz CT molecular complexity index is 647. The van der Waals surface area contributed by atoms with Crippen molar-refractivity contribution in [3.63, 3.8) is 0 Å². The van der Waals surface area contributed by atoms with Crippen LogP contribution in [0.3, 0.4) is 0 Å². The number of nitrogen functional groups attached to an aromatic ring is 1. The normalized spacial score (nSPS) is 10.2. The minimum atomic E-state index is -1.11. The summed E-state index contributed by atoms with van der Waals surface area (Å²) in [6.07, 6.45) is 0. The summed E-state index contributed by atoms with van der Waals surface area (Å²) in [6.45, 7) is 0. The summed E-state index contributed by atoms with van der Waals surface area (Å²) in [4.78, 5) is 11.0. The minimum Gasteiger partial charge on any atom is -0.478 e. The maximum absolute atomic E-state index is 13.2. The van der Waals surface area contributed by atoms with E-state index in [2.05, 4.69) is 21.2 Å². The van der Waals surface area contributed by atoms with Crippen molar-refractivity contribution in [2.75, 3.05) is 11.1 Å². The summed E-state index contributed by atoms with van der Waals surface area (Å²) in [5.74, 6) is -1.52. The van der Waals surface area contributed by atoms with Crippen LogP contribution in [-0.4, -0.2) is 11.1 Å². The first kappa shape index (κ1) is 13.4. The van der Waals surface area contributed by atoms with E-state index in [1.807, 2.05) is 0 Å². The lowest BCUT2D eigenvalue weighted by atomic mass is 10.1. The van der Waals surface area contributed by atoms with Gasteiger partial charge in [-0.2, -0.15) is 0 Å². The molecule has 98 valence electrons. The highest BCUT2D eigenvalue weighted by Crippen LogP contribution is 2.30. The van der Waals surface area contributed by atoms with Crippen LogP contribution in [-0.2, 0) is 0 Å². The van der Waals surface area contributed by atoms with Gasteiger partial charge in [-0.1, -0.05) is 6.07 Å². The fraction of sp³-hybridized carbons (Fsp3) is 0. The van der Waals surface area contributed by atoms with E-state index >= 15 is 0 Å². The largest absolute Gasteiger partial charge is 0.478 e. The Hall–Kier alpha value is -2.08. The molecule has 19 heavy (non-hydrogen) atoms. The molecule has 0 aliphatic heterocycles. The van der Waals surface area contributed by atoms with E-state index in [1.165, 1.54) is 18.2 Å². The maximum Gasteiger partial charge on any atom is 0.337 e. The molecule has 0 spiro atoms. The summed E-state index contributed by atoms with van der Waals surface area (Å²) < 4.78 is 13.8. The third kappa shape index (κ3) is 2.85. The second kappa shape index (κ2) is 5.27. The Labute approximate surface area is 117 Å². The quantitative estimate of drug-likeness (QED) is 0.754. The van der Waals surface area contributed by atoms with Gasteiger partial charge < -0.3 is 16.2 Å². The Balaban J connectivity index is 2.41. The van der Waals surface area contributed by atoms with Crippen LogP contribution in [0, 0.1) is 5.82 Å². The molecule has 4 N–H and O–H groups in total. The predicted molar refractivity (Wildman–Crippen MR) is 75.2 cm³/mol. The number of benzene rings is 2. The van der Waals surface area contributed by atoms with Gasteiger partial charge in [0.05, 0.1) is 22.6 Å². The van der Waals surface area contributed by atoms with Gasteiger partial charge in [-0.25, -0.2) is 9.18 Å². The molecule has 0 bridgehead atoms. The molecular weight excluding hydrogens is 315 g/mol. The van der Waals surface area contributed by atoms with Crippen LogP contribution in [0.1, 0.15) is 10.4 Å². The number of para-hydroxylation sites is 1. The van der Waals surface area contributed by atoms with Gasteiger partial charge in [-0.3, -0.25) is 0 Å². The molecule has 0 heterocycles. The fourth-order valence-corrected chi connectivity index (χ4v) is 1.94. The summed E-state index contributed by atoms with van der Waals surface area (Å²) >= 11 is 3.27. The van der Waals surface area contributed by atoms with E-state index in [-0.39, 0.29) is 11.3 Å². The molecule has 0 aliphatic carbocycles. The van der Waals surface area contributed by atoms with Gasteiger partial charge in [0.2, 0.25) is 0 Å². The zero-order chi connectivity index (χ0) is 14.0. The van der Waals surface area contributed by atoms with Crippen molar-refractivity contribution >= 4 is 39.0 Å². The lowest BCUT2D eigenvalue weighted by Gasteiger charge is -2.12. The van der Waals surface area contributed by atoms with Gasteiger partial charge >= 0.3 is 5.97 Å². The van der Waals surface area contributed by atoms with Crippen molar-refractivity contribution in [3.05, 3.63) is 52.3 Å². The Kier molecular flexibility index (Phi) is 3.71. The average Bonchev–Trinajstić information content (AvgIpc) is 2.36. The first-order valence-corrected chi connectivity index (χ1v) is 6.12. The number of carboxylic acids is 1. The molecule has 0 unspecified atom stereocenters. The molecule has 6 heteroatoms. The standard InChI is InChI=1S/C13H10BrFN2O2/c14-9-5-4-7(15)6-11(9)17-10-3-1-2-8(12(10)16)13(18)19/h1-6,17H,16H2,(H,18,19). The molecule has 0 atom stereocenters. The van der Waals surface area contributed by atoms with E-state index in [0.29, 0.717) is 15.8 Å². The van der Waals surface area contributed by atoms with Crippen LogP contribution < -0.4 is 11.1 Å². The second-order valence-electron chi connectivity index (χ2n) is 3.82. The lowest BCUT2D eigenvalue weighted by Crippen LogP contribution is -2.05. The van der Waals surface area contributed by atoms with Gasteiger partial charge in [0.1, 0.15) is 5.82 Å². The molecule has 0 aromatic heterocycles. The highest BCUT2D eigenvalue weighted by atomic mass is 79.9. The van der Waals surface area contributed by atoms with Gasteiger partial charge in [0, 0.05) is 4.47 Å². The lowest BCUT2D eigenvalue weighted by molar-refractivity contribution is 0.0698. The van der Waals surface area contributed by atoms with Crippen LogP contribution in [0.2, 0.25) is 0 Å². The van der Waals surface area contributed by atoms with E-state index < -0.39 is 11.8 Å². The first-order chi connectivity index (χ1) is 8.99. The molecule has 2 aromatic carbocycles. The summed E-state index contributed by atoms with van der Waals surface area (Å²) in [5.41, 5.74) is 6.74. The maximum atomic E-state index is 13.2. The number of nitrogens with two attached hydrogens (primary N) is 1. The monoisotopic (exact) mass is 324 g/mol. The first-order valence-electron chi connectivity index (χ1n) is 5.33. The van der Waals surface area contributed by atoms with Gasteiger partial charge in [-0.15, -0.1) is 0 Å². The van der Waals surface area contributed by atoms with Crippen LogP contribution in [0.15, 0.2) is 40.9 Å². The number of nitrogens with one attached hydrogen (secondary N) is 1. The van der Waals surface area contributed by atoms with Crippen LogP contribution in [0.4, 0.5) is 21.5 Å². The second-order valence-corrected chi connectivity index (χ2v) is 4.68. The Morgan fingerprint density at radius 2 is 2.00 bits per heavy atom. The molecule has 2 aromatic rings. The number of halogens is 2. The van der Waals surface area contributed by atoms with E-state index in [9.17, 15) is 9.18 Å². The highest BCUT2D eigenvalue weighted by Gasteiger charge is 2.12. The van der Waals surface area contributed by atoms with Crippen molar-refractivity contribution in [2.45, 2.75) is 0 Å². The number of carboxylic acid groups (broad SMARTS) is 1. The number of aromatic carboxylic acids is 1. The number of anilines is 3. The van der Waals surface area contributed by atoms with Crippen LogP contribution in [0.5, 0.6) is 0 Å².